The smallest absolute Gasteiger partial charge is 0.350 e. The van der Waals surface area contributed by atoms with E-state index < -0.39 is 17.4 Å². The van der Waals surface area contributed by atoms with Gasteiger partial charge in [-0.2, -0.15) is 0 Å². The van der Waals surface area contributed by atoms with Gasteiger partial charge < -0.3 is 29.0 Å². The Morgan fingerprint density at radius 3 is 2.46 bits per heavy atom. The van der Waals surface area contributed by atoms with Crippen molar-refractivity contribution in [1.29, 1.82) is 0 Å². The van der Waals surface area contributed by atoms with Crippen molar-refractivity contribution in [2.24, 2.45) is 0 Å². The molecule has 9 nitrogen and oxygen atoms in total. The van der Waals surface area contributed by atoms with E-state index >= 15 is 0 Å². The summed E-state index contributed by atoms with van der Waals surface area (Å²) in [6.45, 7) is 11.0. The average Bonchev–Trinajstić information content (AvgIpc) is 2.81. The van der Waals surface area contributed by atoms with Gasteiger partial charge >= 0.3 is 5.97 Å². The van der Waals surface area contributed by atoms with Crippen molar-refractivity contribution in [3.05, 3.63) is 35.9 Å². The van der Waals surface area contributed by atoms with Gasteiger partial charge in [-0.15, -0.1) is 0 Å². The van der Waals surface area contributed by atoms with Gasteiger partial charge in [-0.1, -0.05) is 0 Å². The highest BCUT2D eigenvalue weighted by atomic mass is 19.1. The van der Waals surface area contributed by atoms with Gasteiger partial charge in [0, 0.05) is 18.9 Å². The number of nitrogens with one attached hydrogen (secondary N) is 1. The van der Waals surface area contributed by atoms with Gasteiger partial charge in [-0.25, -0.2) is 19.2 Å². The van der Waals surface area contributed by atoms with Crippen molar-refractivity contribution in [2.45, 2.75) is 65.3 Å². The van der Waals surface area contributed by atoms with Crippen molar-refractivity contribution >= 4 is 5.97 Å². The number of ether oxygens (including phenoxy) is 5. The minimum absolute atomic E-state index is 0.0284. The second kappa shape index (κ2) is 12.1. The van der Waals surface area contributed by atoms with E-state index in [2.05, 4.69) is 15.3 Å². The first-order chi connectivity index (χ1) is 16.7. The fourth-order valence-electron chi connectivity index (χ4n) is 3.51. The Hall–Kier alpha value is -2.98. The molecule has 1 fully saturated rings. The molecule has 0 bridgehead atoms. The number of benzene rings is 1. The van der Waals surface area contributed by atoms with Crippen LogP contribution >= 0.6 is 0 Å². The Bertz CT molecular complexity index is 995. The maximum atomic E-state index is 14.7. The first-order valence-corrected chi connectivity index (χ1v) is 11.8. The number of piperidine rings is 1. The van der Waals surface area contributed by atoms with Gasteiger partial charge in [0.05, 0.1) is 24.4 Å². The van der Waals surface area contributed by atoms with Crippen LogP contribution < -0.4 is 19.5 Å². The van der Waals surface area contributed by atoms with Crippen LogP contribution in [0.25, 0.3) is 0 Å². The van der Waals surface area contributed by atoms with Crippen LogP contribution in [0, 0.1) is 12.7 Å². The third-order valence-electron chi connectivity index (χ3n) is 5.32. The summed E-state index contributed by atoms with van der Waals surface area (Å²) < 4.78 is 43.0. The predicted molar refractivity (Wildman–Crippen MR) is 127 cm³/mol. The summed E-state index contributed by atoms with van der Waals surface area (Å²) in [7, 11) is 0. The summed E-state index contributed by atoms with van der Waals surface area (Å²) in [6.07, 6.45) is 1.93. The summed E-state index contributed by atoms with van der Waals surface area (Å²) in [5, 5.41) is 3.22. The Kier molecular flexibility index (Phi) is 9.22. The van der Waals surface area contributed by atoms with Crippen molar-refractivity contribution in [1.82, 2.24) is 15.3 Å². The van der Waals surface area contributed by atoms with Crippen LogP contribution in [0.3, 0.4) is 0 Å². The normalized spacial score (nSPS) is 15.2. The second-order valence-corrected chi connectivity index (χ2v) is 8.87. The summed E-state index contributed by atoms with van der Waals surface area (Å²) in [5.41, 5.74) is -0.733. The molecule has 1 N–H and O–H groups in total. The molecule has 0 saturated carbocycles. The number of carbonyl (C=O) groups is 1. The van der Waals surface area contributed by atoms with E-state index in [0.29, 0.717) is 50.5 Å². The minimum atomic E-state index is -1.17. The molecule has 1 aromatic carbocycles. The lowest BCUT2D eigenvalue weighted by Crippen LogP contribution is -2.53. The maximum absolute atomic E-state index is 14.7. The van der Waals surface area contributed by atoms with Gasteiger partial charge in [0.15, 0.2) is 11.6 Å². The van der Waals surface area contributed by atoms with E-state index in [9.17, 15) is 9.18 Å². The number of rotatable bonds is 11. The molecule has 192 valence electrons. The number of carbonyl (C=O) groups excluding carboxylic acids is 1. The van der Waals surface area contributed by atoms with Crippen LogP contribution in [0.1, 0.15) is 46.1 Å². The van der Waals surface area contributed by atoms with Crippen molar-refractivity contribution in [2.75, 3.05) is 26.3 Å². The molecule has 0 amide bonds. The van der Waals surface area contributed by atoms with Crippen LogP contribution in [-0.2, 0) is 14.3 Å². The fourth-order valence-corrected chi connectivity index (χ4v) is 3.51. The molecule has 10 heteroatoms. The molecule has 2 heterocycles. The van der Waals surface area contributed by atoms with Crippen LogP contribution in [0.2, 0.25) is 0 Å². The molecule has 0 spiro atoms. The van der Waals surface area contributed by atoms with E-state index in [1.807, 2.05) is 13.8 Å². The Labute approximate surface area is 205 Å². The molecule has 0 unspecified atom stereocenters. The second-order valence-electron chi connectivity index (χ2n) is 8.87. The number of halogens is 1. The van der Waals surface area contributed by atoms with E-state index in [4.69, 9.17) is 23.7 Å². The lowest BCUT2D eigenvalue weighted by atomic mass is 9.92. The standard InChI is InChI=1S/C25H34FN3O6/c1-16(2)31-12-13-32-19-6-7-21(20(26)14-19)34-22-18(5)23(29-15-28-22)35-25(8-10-27-11-9-25)24(30)33-17(3)4/h6-7,14-17,27H,8-13H2,1-5H3. The maximum Gasteiger partial charge on any atom is 0.350 e. The zero-order chi connectivity index (χ0) is 25.4. The number of hydrogen-bond donors (Lipinski definition) is 1. The van der Waals surface area contributed by atoms with Crippen LogP contribution in [0.5, 0.6) is 23.3 Å². The highest BCUT2D eigenvalue weighted by Gasteiger charge is 2.45. The molecule has 1 aromatic heterocycles. The highest BCUT2D eigenvalue weighted by Crippen LogP contribution is 2.34. The van der Waals surface area contributed by atoms with Gasteiger partial charge in [0.1, 0.15) is 18.7 Å². The van der Waals surface area contributed by atoms with Crippen molar-refractivity contribution in [3.63, 3.8) is 0 Å². The number of aromatic nitrogens is 2. The third-order valence-corrected chi connectivity index (χ3v) is 5.32. The molecule has 1 saturated heterocycles. The lowest BCUT2D eigenvalue weighted by Gasteiger charge is -2.36. The molecule has 1 aliphatic heterocycles. The van der Waals surface area contributed by atoms with E-state index in [1.165, 1.54) is 18.5 Å². The first-order valence-electron chi connectivity index (χ1n) is 11.8. The zero-order valence-electron chi connectivity index (χ0n) is 20.9. The number of esters is 1. The number of hydrogen-bond acceptors (Lipinski definition) is 9. The molecule has 3 rings (SSSR count). The van der Waals surface area contributed by atoms with Crippen molar-refractivity contribution in [3.8, 4) is 23.3 Å². The SMILES string of the molecule is Cc1c(Oc2ccc(OCCOC(C)C)cc2F)ncnc1OC1(C(=O)OC(C)C)CCNCC1. The van der Waals surface area contributed by atoms with Crippen LogP contribution in [0.4, 0.5) is 4.39 Å². The fraction of sp³-hybridized carbons (Fsp3) is 0.560. The largest absolute Gasteiger partial charge is 0.491 e. The average molecular weight is 492 g/mol. The Morgan fingerprint density at radius 2 is 1.80 bits per heavy atom. The molecular formula is C25H34FN3O6. The summed E-state index contributed by atoms with van der Waals surface area (Å²) >= 11 is 0. The highest BCUT2D eigenvalue weighted by molar-refractivity contribution is 5.80. The molecule has 0 atom stereocenters. The minimum Gasteiger partial charge on any atom is -0.491 e. The molecule has 1 aliphatic rings. The third kappa shape index (κ3) is 7.25. The molecule has 0 radical (unpaired) electrons. The van der Waals surface area contributed by atoms with Crippen LogP contribution in [-0.4, -0.2) is 60.0 Å². The molecule has 2 aromatic rings. The van der Waals surface area contributed by atoms with Crippen LogP contribution in [0.15, 0.2) is 24.5 Å². The van der Waals surface area contributed by atoms with E-state index in [1.54, 1.807) is 26.8 Å². The monoisotopic (exact) mass is 491 g/mol. The quantitative estimate of drug-likeness (QED) is 0.369. The first kappa shape index (κ1) is 26.6. The van der Waals surface area contributed by atoms with E-state index in [-0.39, 0.29) is 29.7 Å². The van der Waals surface area contributed by atoms with Gasteiger partial charge in [-0.05, 0) is 59.8 Å². The molecule has 35 heavy (non-hydrogen) atoms. The predicted octanol–water partition coefficient (Wildman–Crippen LogP) is 3.97. The number of nitrogens with zero attached hydrogens (tertiary/aromatic N) is 2. The zero-order valence-corrected chi connectivity index (χ0v) is 20.9. The van der Waals surface area contributed by atoms with Gasteiger partial charge in [0.25, 0.3) is 0 Å². The topological polar surface area (TPSA) is 101 Å². The summed E-state index contributed by atoms with van der Waals surface area (Å²) in [4.78, 5) is 21.2. The lowest BCUT2D eigenvalue weighted by molar-refractivity contribution is -0.169. The van der Waals surface area contributed by atoms with E-state index in [0.717, 1.165) is 0 Å². The molecular weight excluding hydrogens is 457 g/mol. The summed E-state index contributed by atoms with van der Waals surface area (Å²) in [6, 6.07) is 4.31. The van der Waals surface area contributed by atoms with Gasteiger partial charge in [-0.3, -0.25) is 0 Å². The Balaban J connectivity index is 1.73. The molecule has 0 aliphatic carbocycles. The van der Waals surface area contributed by atoms with Crippen molar-refractivity contribution < 1.29 is 32.9 Å². The summed E-state index contributed by atoms with van der Waals surface area (Å²) in [5.74, 6) is -0.406. The van der Waals surface area contributed by atoms with Gasteiger partial charge in [0.2, 0.25) is 17.4 Å². The Morgan fingerprint density at radius 1 is 1.09 bits per heavy atom.